The maximum Gasteiger partial charge on any atom is 0.372 e. The highest BCUT2D eigenvalue weighted by Gasteiger charge is 2.39. The molecule has 0 saturated carbocycles. The zero-order valence-corrected chi connectivity index (χ0v) is 11.5. The summed E-state index contributed by atoms with van der Waals surface area (Å²) in [5.41, 5.74) is 3.21. The molecule has 0 spiro atoms. The number of aryl methyl sites for hydroxylation is 1. The molecule has 1 heterocycles. The third-order valence-electron chi connectivity index (χ3n) is 2.90. The van der Waals surface area contributed by atoms with Gasteiger partial charge in [-0.1, -0.05) is 23.8 Å². The minimum Gasteiger partial charge on any atom is -0.332 e. The van der Waals surface area contributed by atoms with Crippen molar-refractivity contribution in [3.63, 3.8) is 0 Å². The average molecular weight is 351 g/mol. The van der Waals surface area contributed by atoms with E-state index in [-0.39, 0.29) is 6.54 Å². The van der Waals surface area contributed by atoms with E-state index < -0.39 is 9.84 Å². The van der Waals surface area contributed by atoms with Crippen molar-refractivity contribution in [2.24, 2.45) is 0 Å². The van der Waals surface area contributed by atoms with Gasteiger partial charge in [0.1, 0.15) is 0 Å². The summed E-state index contributed by atoms with van der Waals surface area (Å²) in [7, 11) is 0. The largest absolute Gasteiger partial charge is 0.372 e. The molecule has 1 aromatic rings. The lowest BCUT2D eigenvalue weighted by Crippen LogP contribution is -2.42. The number of carbonyl (C=O) groups excluding carboxylic acids is 1. The molecule has 0 saturated heterocycles. The van der Waals surface area contributed by atoms with Crippen molar-refractivity contribution in [2.75, 3.05) is 6.54 Å². The summed E-state index contributed by atoms with van der Waals surface area (Å²) in [6, 6.07) is 5.97. The number of carbonyl (C=O) groups is 1. The first-order valence-electron chi connectivity index (χ1n) is 5.32. The maximum atomic E-state index is 13.0. The first kappa shape index (κ1) is 12.7. The molecule has 2 rings (SSSR count). The molecular formula is C12H12F2INO. The lowest BCUT2D eigenvalue weighted by Gasteiger charge is -2.30. The second-order valence-electron chi connectivity index (χ2n) is 4.25. The third kappa shape index (κ3) is 2.75. The highest BCUT2D eigenvalue weighted by Crippen LogP contribution is 2.28. The van der Waals surface area contributed by atoms with E-state index in [9.17, 15) is 13.6 Å². The van der Waals surface area contributed by atoms with Crippen molar-refractivity contribution in [1.82, 2.24) is 4.90 Å². The van der Waals surface area contributed by atoms with Gasteiger partial charge in [0.25, 0.3) is 0 Å². The van der Waals surface area contributed by atoms with Gasteiger partial charge in [-0.25, -0.2) is 0 Å². The zero-order chi connectivity index (χ0) is 12.6. The number of nitrogens with zero attached hydrogens (tertiary/aromatic N) is 1. The Balaban J connectivity index is 2.21. The van der Waals surface area contributed by atoms with Gasteiger partial charge < -0.3 is 4.90 Å². The number of alkyl halides is 3. The Bertz CT molecular complexity index is 456. The molecule has 0 bridgehead atoms. The summed E-state index contributed by atoms with van der Waals surface area (Å²) in [4.78, 5) is 12.7. The Morgan fingerprint density at radius 2 is 2.12 bits per heavy atom. The normalized spacial score (nSPS) is 15.6. The Kier molecular flexibility index (Phi) is 3.38. The van der Waals surface area contributed by atoms with Crippen molar-refractivity contribution in [3.05, 3.63) is 34.9 Å². The molecule has 0 radical (unpaired) electrons. The lowest BCUT2D eigenvalue weighted by atomic mass is 9.98. The smallest absolute Gasteiger partial charge is 0.332 e. The van der Waals surface area contributed by atoms with E-state index in [4.69, 9.17) is 0 Å². The molecule has 0 N–H and O–H groups in total. The molecule has 0 aliphatic carbocycles. The average Bonchev–Trinajstić information content (AvgIpc) is 2.25. The van der Waals surface area contributed by atoms with Gasteiger partial charge in [0.05, 0.1) is 0 Å². The van der Waals surface area contributed by atoms with E-state index in [0.29, 0.717) is 13.0 Å². The van der Waals surface area contributed by atoms with Crippen molar-refractivity contribution in [1.29, 1.82) is 0 Å². The zero-order valence-electron chi connectivity index (χ0n) is 9.34. The van der Waals surface area contributed by atoms with Crippen LogP contribution in [0.5, 0.6) is 0 Å². The van der Waals surface area contributed by atoms with Gasteiger partial charge >= 0.3 is 9.84 Å². The highest BCUT2D eigenvalue weighted by atomic mass is 127. The quantitative estimate of drug-likeness (QED) is 0.563. The van der Waals surface area contributed by atoms with Crippen LogP contribution in [0.3, 0.4) is 0 Å². The number of halogens is 3. The number of amides is 1. The standard InChI is InChI=1S/C12H12F2INO/c1-8-2-3-9-4-5-16(7-10(9)6-8)11(17)12(13,14)15/h2-3,6H,4-5,7H2,1H3. The lowest BCUT2D eigenvalue weighted by molar-refractivity contribution is -0.145. The summed E-state index contributed by atoms with van der Waals surface area (Å²) < 4.78 is 22.6. The van der Waals surface area contributed by atoms with Gasteiger partial charge in [-0.3, -0.25) is 4.79 Å². The van der Waals surface area contributed by atoms with E-state index in [1.807, 2.05) is 25.1 Å². The first-order chi connectivity index (χ1) is 7.88. The Hall–Kier alpha value is -0.720. The molecule has 0 unspecified atom stereocenters. The molecule has 0 atom stereocenters. The summed E-state index contributed by atoms with van der Waals surface area (Å²) in [6.07, 6.45) is 0.647. The van der Waals surface area contributed by atoms with Crippen LogP contribution in [0, 0.1) is 6.92 Å². The van der Waals surface area contributed by atoms with Crippen LogP contribution in [0.1, 0.15) is 16.7 Å². The fraction of sp³-hybridized carbons (Fsp3) is 0.417. The van der Waals surface area contributed by atoms with Crippen LogP contribution in [-0.4, -0.2) is 21.3 Å². The van der Waals surface area contributed by atoms with Crippen LogP contribution in [0.2, 0.25) is 0 Å². The summed E-state index contributed by atoms with van der Waals surface area (Å²) in [5, 5.41) is 0. The SMILES string of the molecule is Cc1ccc2c(c1)CN(C(=O)C(F)(F)I)CC2. The number of fused-ring (bicyclic) bond motifs is 1. The van der Waals surface area contributed by atoms with Crippen molar-refractivity contribution in [2.45, 2.75) is 23.8 Å². The summed E-state index contributed by atoms with van der Waals surface area (Å²) in [6.45, 7) is 2.61. The second-order valence-corrected chi connectivity index (χ2v) is 5.60. The van der Waals surface area contributed by atoms with Crippen LogP contribution in [0.25, 0.3) is 0 Å². The summed E-state index contributed by atoms with van der Waals surface area (Å²) in [5.74, 6) is -1.09. The molecule has 1 aliphatic rings. The molecule has 2 nitrogen and oxygen atoms in total. The van der Waals surface area contributed by atoms with E-state index in [1.54, 1.807) is 0 Å². The molecule has 1 amide bonds. The van der Waals surface area contributed by atoms with Crippen molar-refractivity contribution < 1.29 is 13.6 Å². The van der Waals surface area contributed by atoms with E-state index in [2.05, 4.69) is 0 Å². The van der Waals surface area contributed by atoms with Crippen molar-refractivity contribution >= 4 is 28.5 Å². The second kappa shape index (κ2) is 4.51. The molecular weight excluding hydrogens is 339 g/mol. The first-order valence-corrected chi connectivity index (χ1v) is 6.40. The monoisotopic (exact) mass is 351 g/mol. The predicted molar refractivity (Wildman–Crippen MR) is 69.3 cm³/mol. The van der Waals surface area contributed by atoms with Crippen LogP contribution < -0.4 is 0 Å². The maximum absolute atomic E-state index is 13.0. The molecule has 0 aromatic heterocycles. The van der Waals surface area contributed by atoms with Gasteiger partial charge in [-0.2, -0.15) is 8.78 Å². The number of rotatable bonds is 1. The molecule has 1 aliphatic heterocycles. The molecule has 1 aromatic carbocycles. The van der Waals surface area contributed by atoms with E-state index in [1.165, 1.54) is 4.90 Å². The highest BCUT2D eigenvalue weighted by molar-refractivity contribution is 14.1. The van der Waals surface area contributed by atoms with Crippen LogP contribution in [0.4, 0.5) is 8.78 Å². The Morgan fingerprint density at radius 3 is 2.76 bits per heavy atom. The minimum atomic E-state index is -3.31. The van der Waals surface area contributed by atoms with Gasteiger partial charge in [-0.05, 0) is 24.5 Å². The number of hydrogen-bond donors (Lipinski definition) is 0. The predicted octanol–water partition coefficient (Wildman–Crippen LogP) is 2.91. The van der Waals surface area contributed by atoms with Gasteiger partial charge in [0.15, 0.2) is 0 Å². The molecule has 92 valence electrons. The van der Waals surface area contributed by atoms with Gasteiger partial charge in [0, 0.05) is 35.7 Å². The van der Waals surface area contributed by atoms with Crippen LogP contribution in [0.15, 0.2) is 18.2 Å². The number of benzene rings is 1. The van der Waals surface area contributed by atoms with E-state index >= 15 is 0 Å². The van der Waals surface area contributed by atoms with Gasteiger partial charge in [-0.15, -0.1) is 0 Å². The van der Waals surface area contributed by atoms with Gasteiger partial charge in [0.2, 0.25) is 0 Å². The third-order valence-corrected chi connectivity index (χ3v) is 3.37. The van der Waals surface area contributed by atoms with Crippen LogP contribution in [-0.2, 0) is 17.8 Å². The van der Waals surface area contributed by atoms with Crippen LogP contribution >= 0.6 is 22.6 Å². The summed E-state index contributed by atoms with van der Waals surface area (Å²) >= 11 is 0.887. The minimum absolute atomic E-state index is 0.286. The Morgan fingerprint density at radius 1 is 1.41 bits per heavy atom. The van der Waals surface area contributed by atoms with E-state index in [0.717, 1.165) is 39.3 Å². The molecule has 5 heteroatoms. The Labute approximate surface area is 112 Å². The molecule has 0 fully saturated rings. The molecule has 17 heavy (non-hydrogen) atoms. The fourth-order valence-corrected chi connectivity index (χ4v) is 2.38. The topological polar surface area (TPSA) is 20.3 Å². The number of hydrogen-bond acceptors (Lipinski definition) is 1. The fourth-order valence-electron chi connectivity index (χ4n) is 2.04. The van der Waals surface area contributed by atoms with Crippen molar-refractivity contribution in [3.8, 4) is 0 Å².